The Morgan fingerprint density at radius 2 is 1.92 bits per heavy atom. The number of rotatable bonds is 5. The number of hydrogen-bond donors (Lipinski definition) is 1. The van der Waals surface area contributed by atoms with Gasteiger partial charge in [-0.25, -0.2) is 4.39 Å². The molecular weight excluding hydrogens is 459 g/mol. The fourth-order valence-corrected chi connectivity index (χ4v) is 4.40. The van der Waals surface area contributed by atoms with Gasteiger partial charge in [0, 0.05) is 56.7 Å². The zero-order chi connectivity index (χ0) is 25.2. The lowest BCUT2D eigenvalue weighted by atomic mass is 10.0. The highest BCUT2D eigenvalue weighted by atomic mass is 19.1. The SMILES string of the molecule is CN(C)C(=O)c1ccc(-c2cc3nccc(-c4ccc(NC5CCOCC5)c(C#N)c4)c3o2)c(F)c1. The molecule has 1 fully saturated rings. The lowest BCUT2D eigenvalue weighted by molar-refractivity contribution is 0.0827. The first-order chi connectivity index (χ1) is 17.4. The molecule has 1 amide bonds. The number of hydrogen-bond acceptors (Lipinski definition) is 6. The van der Waals surface area contributed by atoms with Crippen LogP contribution in [0.3, 0.4) is 0 Å². The second-order valence-electron chi connectivity index (χ2n) is 8.98. The highest BCUT2D eigenvalue weighted by molar-refractivity contribution is 5.95. The number of furan rings is 1. The second kappa shape index (κ2) is 9.80. The van der Waals surface area contributed by atoms with E-state index in [2.05, 4.69) is 16.4 Å². The molecule has 0 bridgehead atoms. The molecule has 8 heteroatoms. The summed E-state index contributed by atoms with van der Waals surface area (Å²) in [4.78, 5) is 17.9. The molecule has 1 aliphatic rings. The van der Waals surface area contributed by atoms with Gasteiger partial charge in [0.2, 0.25) is 0 Å². The van der Waals surface area contributed by atoms with Crippen molar-refractivity contribution in [1.29, 1.82) is 5.26 Å². The fraction of sp³-hybridized carbons (Fsp3) is 0.250. The van der Waals surface area contributed by atoms with Crippen molar-refractivity contribution in [1.82, 2.24) is 9.88 Å². The topological polar surface area (TPSA) is 91.4 Å². The van der Waals surface area contributed by atoms with E-state index in [4.69, 9.17) is 9.15 Å². The van der Waals surface area contributed by atoms with Gasteiger partial charge in [0.05, 0.1) is 16.8 Å². The lowest BCUT2D eigenvalue weighted by Crippen LogP contribution is -2.28. The summed E-state index contributed by atoms with van der Waals surface area (Å²) in [6, 6.07) is 16.0. The van der Waals surface area contributed by atoms with Gasteiger partial charge in [-0.15, -0.1) is 0 Å². The Morgan fingerprint density at radius 1 is 1.11 bits per heavy atom. The van der Waals surface area contributed by atoms with Crippen molar-refractivity contribution in [3.05, 3.63) is 71.7 Å². The average molecular weight is 485 g/mol. The zero-order valence-electron chi connectivity index (χ0n) is 20.0. The molecule has 2 aromatic carbocycles. The molecule has 0 saturated carbocycles. The van der Waals surface area contributed by atoms with Gasteiger partial charge in [0.1, 0.15) is 23.2 Å². The molecule has 0 aliphatic carbocycles. The van der Waals surface area contributed by atoms with E-state index in [1.165, 1.54) is 17.0 Å². The molecular formula is C28H25FN4O3. The van der Waals surface area contributed by atoms with Crippen molar-refractivity contribution in [2.45, 2.75) is 18.9 Å². The van der Waals surface area contributed by atoms with Crippen LogP contribution in [-0.2, 0) is 4.74 Å². The maximum Gasteiger partial charge on any atom is 0.253 e. The van der Waals surface area contributed by atoms with Crippen LogP contribution in [-0.4, -0.2) is 49.1 Å². The van der Waals surface area contributed by atoms with Crippen LogP contribution in [0.25, 0.3) is 33.6 Å². The number of amides is 1. The number of nitriles is 1. The first kappa shape index (κ1) is 23.5. The summed E-state index contributed by atoms with van der Waals surface area (Å²) < 4.78 is 26.4. The summed E-state index contributed by atoms with van der Waals surface area (Å²) in [5, 5.41) is 13.3. The van der Waals surface area contributed by atoms with Crippen LogP contribution in [0, 0.1) is 17.1 Å². The molecule has 1 N–H and O–H groups in total. The van der Waals surface area contributed by atoms with Gasteiger partial charge < -0.3 is 19.4 Å². The van der Waals surface area contributed by atoms with Crippen LogP contribution in [0.15, 0.2) is 59.1 Å². The van der Waals surface area contributed by atoms with Gasteiger partial charge in [-0.2, -0.15) is 5.26 Å². The Bertz CT molecular complexity index is 1480. The molecule has 0 spiro atoms. The van der Waals surface area contributed by atoms with Gasteiger partial charge >= 0.3 is 0 Å². The molecule has 2 aromatic heterocycles. The van der Waals surface area contributed by atoms with Crippen molar-refractivity contribution >= 4 is 22.7 Å². The summed E-state index contributed by atoms with van der Waals surface area (Å²) in [7, 11) is 3.23. The first-order valence-corrected chi connectivity index (χ1v) is 11.7. The van der Waals surface area contributed by atoms with E-state index in [0.717, 1.165) is 29.7 Å². The molecule has 0 radical (unpaired) electrons. The van der Waals surface area contributed by atoms with Crippen molar-refractivity contribution in [3.63, 3.8) is 0 Å². The number of benzene rings is 2. The highest BCUT2D eigenvalue weighted by Crippen LogP contribution is 2.36. The monoisotopic (exact) mass is 484 g/mol. The summed E-state index contributed by atoms with van der Waals surface area (Å²) >= 11 is 0. The van der Waals surface area contributed by atoms with Crippen molar-refractivity contribution in [3.8, 4) is 28.5 Å². The predicted molar refractivity (Wildman–Crippen MR) is 135 cm³/mol. The number of aromatic nitrogens is 1. The van der Waals surface area contributed by atoms with Crippen molar-refractivity contribution in [2.75, 3.05) is 32.6 Å². The Morgan fingerprint density at radius 3 is 2.64 bits per heavy atom. The number of fused-ring (bicyclic) bond motifs is 1. The molecule has 182 valence electrons. The number of carbonyl (C=O) groups excluding carboxylic acids is 1. The van der Waals surface area contributed by atoms with Crippen LogP contribution in [0.4, 0.5) is 10.1 Å². The van der Waals surface area contributed by atoms with E-state index in [1.807, 2.05) is 24.3 Å². The predicted octanol–water partition coefficient (Wildman–Crippen LogP) is 5.47. The molecule has 4 aromatic rings. The Hall–Kier alpha value is -4.22. The Labute approximate surface area is 208 Å². The molecule has 0 unspecified atom stereocenters. The third kappa shape index (κ3) is 4.53. The smallest absolute Gasteiger partial charge is 0.253 e. The molecule has 7 nitrogen and oxygen atoms in total. The molecule has 3 heterocycles. The van der Waals surface area contributed by atoms with E-state index in [-0.39, 0.29) is 23.1 Å². The summed E-state index contributed by atoms with van der Waals surface area (Å²) in [5.74, 6) is -0.528. The largest absolute Gasteiger partial charge is 0.454 e. The molecule has 0 atom stereocenters. The molecule has 5 rings (SSSR count). The van der Waals surface area contributed by atoms with Gasteiger partial charge in [-0.05, 0) is 54.8 Å². The fourth-order valence-electron chi connectivity index (χ4n) is 4.40. The van der Waals surface area contributed by atoms with E-state index in [0.29, 0.717) is 35.6 Å². The average Bonchev–Trinajstić information content (AvgIpc) is 3.33. The number of halogens is 1. The van der Waals surface area contributed by atoms with E-state index < -0.39 is 5.82 Å². The molecule has 36 heavy (non-hydrogen) atoms. The standard InChI is InChI=1S/C28H25FN4O3/c1-33(2)28(34)18-3-5-22(23(29)14-18)26-15-25-27(36-26)21(7-10-31-25)17-4-6-24(19(13-17)16-30)32-20-8-11-35-12-9-20/h3-7,10,13-15,20,32H,8-9,11-12H2,1-2H3. The summed E-state index contributed by atoms with van der Waals surface area (Å²) in [5.41, 5.74) is 4.42. The maximum absolute atomic E-state index is 14.9. The van der Waals surface area contributed by atoms with Crippen LogP contribution in [0.2, 0.25) is 0 Å². The summed E-state index contributed by atoms with van der Waals surface area (Å²) in [6.45, 7) is 1.42. The van der Waals surface area contributed by atoms with Gasteiger partial charge in [0.25, 0.3) is 5.91 Å². The van der Waals surface area contributed by atoms with Crippen LogP contribution < -0.4 is 5.32 Å². The number of anilines is 1. The number of carbonyl (C=O) groups is 1. The third-order valence-corrected chi connectivity index (χ3v) is 6.33. The third-order valence-electron chi connectivity index (χ3n) is 6.33. The highest BCUT2D eigenvalue weighted by Gasteiger charge is 2.19. The zero-order valence-corrected chi connectivity index (χ0v) is 20.0. The number of nitrogens with zero attached hydrogens (tertiary/aromatic N) is 3. The van der Waals surface area contributed by atoms with Crippen LogP contribution in [0.5, 0.6) is 0 Å². The van der Waals surface area contributed by atoms with Crippen molar-refractivity contribution < 1.29 is 18.3 Å². The molecule has 1 aliphatic heterocycles. The van der Waals surface area contributed by atoms with Crippen LogP contribution >= 0.6 is 0 Å². The number of ether oxygens (including phenoxy) is 1. The number of pyridine rings is 1. The van der Waals surface area contributed by atoms with Crippen molar-refractivity contribution in [2.24, 2.45) is 0 Å². The maximum atomic E-state index is 14.9. The van der Waals surface area contributed by atoms with E-state index in [1.54, 1.807) is 32.4 Å². The molecule has 1 saturated heterocycles. The summed E-state index contributed by atoms with van der Waals surface area (Å²) in [6.07, 6.45) is 3.45. The van der Waals surface area contributed by atoms with Gasteiger partial charge in [-0.3, -0.25) is 9.78 Å². The van der Waals surface area contributed by atoms with Crippen LogP contribution in [0.1, 0.15) is 28.8 Å². The quantitative estimate of drug-likeness (QED) is 0.404. The van der Waals surface area contributed by atoms with E-state index >= 15 is 0 Å². The minimum absolute atomic E-state index is 0.239. The second-order valence-corrected chi connectivity index (χ2v) is 8.98. The minimum atomic E-state index is -0.557. The van der Waals surface area contributed by atoms with Gasteiger partial charge in [-0.1, -0.05) is 6.07 Å². The minimum Gasteiger partial charge on any atom is -0.454 e. The lowest BCUT2D eigenvalue weighted by Gasteiger charge is -2.24. The number of nitrogens with one attached hydrogen (secondary N) is 1. The normalized spacial score (nSPS) is 13.9. The Balaban J connectivity index is 1.49. The Kier molecular flexibility index (Phi) is 6.40. The van der Waals surface area contributed by atoms with E-state index in [9.17, 15) is 14.4 Å². The van der Waals surface area contributed by atoms with Gasteiger partial charge in [0.15, 0.2) is 5.58 Å². The first-order valence-electron chi connectivity index (χ1n) is 11.7.